The van der Waals surface area contributed by atoms with Gasteiger partial charge in [0, 0.05) is 13.0 Å². The third kappa shape index (κ3) is 2.80. The van der Waals surface area contributed by atoms with Gasteiger partial charge in [-0.15, -0.1) is 6.58 Å². The number of hydrogen-bond acceptors (Lipinski definition) is 4. The average molecular weight is 395 g/mol. The lowest BCUT2D eigenvalue weighted by molar-refractivity contribution is 0.694. The molecule has 0 amide bonds. The van der Waals surface area contributed by atoms with E-state index in [0.717, 1.165) is 22.4 Å². The summed E-state index contributed by atoms with van der Waals surface area (Å²) in [7, 11) is 0. The molecular formula is C24H21N5O. The van der Waals surface area contributed by atoms with E-state index in [1.807, 2.05) is 54.0 Å². The van der Waals surface area contributed by atoms with Crippen molar-refractivity contribution < 1.29 is 0 Å². The predicted molar refractivity (Wildman–Crippen MR) is 120 cm³/mol. The van der Waals surface area contributed by atoms with Crippen molar-refractivity contribution in [3.63, 3.8) is 0 Å². The molecule has 0 aliphatic carbocycles. The van der Waals surface area contributed by atoms with Crippen LogP contribution in [0.1, 0.15) is 18.3 Å². The van der Waals surface area contributed by atoms with Crippen LogP contribution in [0.3, 0.4) is 0 Å². The second kappa shape index (κ2) is 7.22. The number of para-hydroxylation sites is 2. The Labute approximate surface area is 173 Å². The molecule has 5 aromatic rings. The van der Waals surface area contributed by atoms with E-state index in [2.05, 4.69) is 18.7 Å². The summed E-state index contributed by atoms with van der Waals surface area (Å²) in [6.07, 6.45) is 2.37. The Kier molecular flexibility index (Phi) is 4.39. The van der Waals surface area contributed by atoms with Crippen LogP contribution >= 0.6 is 0 Å². The maximum Gasteiger partial charge on any atom is 0.265 e. The first-order valence-corrected chi connectivity index (χ1v) is 10.0. The van der Waals surface area contributed by atoms with E-state index in [0.29, 0.717) is 41.7 Å². The van der Waals surface area contributed by atoms with Crippen molar-refractivity contribution in [2.75, 3.05) is 0 Å². The van der Waals surface area contributed by atoms with Crippen LogP contribution in [0, 0.1) is 0 Å². The molecule has 0 radical (unpaired) electrons. The highest BCUT2D eigenvalue weighted by Gasteiger charge is 2.21. The zero-order valence-electron chi connectivity index (χ0n) is 16.7. The smallest absolute Gasteiger partial charge is 0.265 e. The van der Waals surface area contributed by atoms with Crippen LogP contribution in [-0.4, -0.2) is 24.1 Å². The lowest BCUT2D eigenvalue weighted by Crippen LogP contribution is -2.25. The van der Waals surface area contributed by atoms with E-state index in [1.165, 1.54) is 0 Å². The van der Waals surface area contributed by atoms with Crippen molar-refractivity contribution in [3.8, 4) is 0 Å². The van der Waals surface area contributed by atoms with Gasteiger partial charge in [0.1, 0.15) is 16.7 Å². The fourth-order valence-electron chi connectivity index (χ4n) is 3.94. The fraction of sp³-hybridized carbons (Fsp3) is 0.167. The SMILES string of the molecule is C=CCn1c(CC)nc2c(c1=O)c1nc3ccccc3nc1n2Cc1ccccc1. The average Bonchev–Trinajstić information content (AvgIpc) is 3.07. The molecule has 3 aromatic heterocycles. The van der Waals surface area contributed by atoms with Gasteiger partial charge in [-0.05, 0) is 17.7 Å². The van der Waals surface area contributed by atoms with Gasteiger partial charge in [-0.2, -0.15) is 0 Å². The maximum absolute atomic E-state index is 13.5. The molecular weight excluding hydrogens is 374 g/mol. The number of aryl methyl sites for hydroxylation is 1. The highest BCUT2D eigenvalue weighted by molar-refractivity contribution is 6.04. The molecule has 0 aliphatic heterocycles. The summed E-state index contributed by atoms with van der Waals surface area (Å²) in [5, 5.41) is 0.512. The standard InChI is InChI=1S/C24H21N5O/c1-3-14-28-19(4-2)27-22-20(24(28)30)21-23(26-18-13-9-8-12-17(18)25-21)29(22)15-16-10-6-5-7-11-16/h3,5-13H,1,4,14-15H2,2H3. The molecule has 0 saturated carbocycles. The molecule has 6 heteroatoms. The van der Waals surface area contributed by atoms with Gasteiger partial charge in [0.25, 0.3) is 5.56 Å². The number of benzene rings is 2. The monoisotopic (exact) mass is 395 g/mol. The second-order valence-electron chi connectivity index (χ2n) is 7.24. The number of fused-ring (bicyclic) bond motifs is 4. The molecule has 0 spiro atoms. The largest absolute Gasteiger partial charge is 0.304 e. The lowest BCUT2D eigenvalue weighted by Gasteiger charge is -2.10. The van der Waals surface area contributed by atoms with E-state index in [4.69, 9.17) is 15.0 Å². The topological polar surface area (TPSA) is 65.6 Å². The van der Waals surface area contributed by atoms with Crippen LogP contribution < -0.4 is 5.56 Å². The van der Waals surface area contributed by atoms with E-state index >= 15 is 0 Å². The van der Waals surface area contributed by atoms with Gasteiger partial charge >= 0.3 is 0 Å². The van der Waals surface area contributed by atoms with E-state index in [-0.39, 0.29) is 5.56 Å². The normalized spacial score (nSPS) is 11.5. The number of aromatic nitrogens is 5. The number of nitrogens with zero attached hydrogens (tertiary/aromatic N) is 5. The van der Waals surface area contributed by atoms with E-state index in [9.17, 15) is 4.79 Å². The fourth-order valence-corrected chi connectivity index (χ4v) is 3.94. The number of allylic oxidation sites excluding steroid dienone is 1. The molecule has 148 valence electrons. The third-order valence-corrected chi connectivity index (χ3v) is 5.34. The minimum Gasteiger partial charge on any atom is -0.304 e. The summed E-state index contributed by atoms with van der Waals surface area (Å²) < 4.78 is 3.69. The van der Waals surface area contributed by atoms with Crippen molar-refractivity contribution in [1.82, 2.24) is 24.1 Å². The van der Waals surface area contributed by atoms with Gasteiger partial charge in [-0.1, -0.05) is 55.5 Å². The van der Waals surface area contributed by atoms with E-state index < -0.39 is 0 Å². The van der Waals surface area contributed by atoms with Crippen molar-refractivity contribution in [2.45, 2.75) is 26.4 Å². The number of rotatable bonds is 5. The molecule has 6 nitrogen and oxygen atoms in total. The molecule has 0 unspecified atom stereocenters. The molecule has 0 saturated heterocycles. The summed E-state index contributed by atoms with van der Waals surface area (Å²) in [6, 6.07) is 17.8. The van der Waals surface area contributed by atoms with Crippen LogP contribution in [0.2, 0.25) is 0 Å². The van der Waals surface area contributed by atoms with Gasteiger partial charge in [0.05, 0.1) is 17.6 Å². The quantitative estimate of drug-likeness (QED) is 0.421. The Hall–Kier alpha value is -3.80. The van der Waals surface area contributed by atoms with Gasteiger partial charge in [-0.3, -0.25) is 9.36 Å². The van der Waals surface area contributed by atoms with E-state index in [1.54, 1.807) is 10.6 Å². The van der Waals surface area contributed by atoms with Gasteiger partial charge in [0.15, 0.2) is 11.3 Å². The molecule has 5 rings (SSSR count). The van der Waals surface area contributed by atoms with Crippen LogP contribution in [0.25, 0.3) is 33.2 Å². The molecule has 0 N–H and O–H groups in total. The summed E-state index contributed by atoms with van der Waals surface area (Å²) >= 11 is 0. The highest BCUT2D eigenvalue weighted by atomic mass is 16.1. The third-order valence-electron chi connectivity index (χ3n) is 5.34. The molecule has 0 bridgehead atoms. The molecule has 0 atom stereocenters. The van der Waals surface area contributed by atoms with Crippen molar-refractivity contribution >= 4 is 33.2 Å². The molecule has 2 aromatic carbocycles. The maximum atomic E-state index is 13.5. The minimum absolute atomic E-state index is 0.0989. The lowest BCUT2D eigenvalue weighted by atomic mass is 10.2. The van der Waals surface area contributed by atoms with Crippen molar-refractivity contribution in [3.05, 3.63) is 89.0 Å². The van der Waals surface area contributed by atoms with Crippen LogP contribution in [0.5, 0.6) is 0 Å². The Balaban J connectivity index is 1.93. The zero-order valence-corrected chi connectivity index (χ0v) is 16.7. The van der Waals surface area contributed by atoms with Crippen molar-refractivity contribution in [2.24, 2.45) is 0 Å². The summed E-state index contributed by atoms with van der Waals surface area (Å²) in [6.45, 7) is 6.78. The molecule has 3 heterocycles. The van der Waals surface area contributed by atoms with Gasteiger partial charge < -0.3 is 4.57 Å². The first kappa shape index (κ1) is 18.2. The van der Waals surface area contributed by atoms with Crippen LogP contribution in [0.4, 0.5) is 0 Å². The van der Waals surface area contributed by atoms with Crippen LogP contribution in [-0.2, 0) is 19.5 Å². The van der Waals surface area contributed by atoms with Crippen LogP contribution in [0.15, 0.2) is 72.0 Å². The highest BCUT2D eigenvalue weighted by Crippen LogP contribution is 2.26. The molecule has 0 aliphatic rings. The summed E-state index contributed by atoms with van der Waals surface area (Å²) in [5.74, 6) is 0.731. The van der Waals surface area contributed by atoms with Gasteiger partial charge in [0.2, 0.25) is 0 Å². The van der Waals surface area contributed by atoms with Crippen molar-refractivity contribution in [1.29, 1.82) is 0 Å². The molecule has 30 heavy (non-hydrogen) atoms. The zero-order chi connectivity index (χ0) is 20.7. The minimum atomic E-state index is -0.0989. The number of hydrogen-bond donors (Lipinski definition) is 0. The Morgan fingerprint density at radius 1 is 0.900 bits per heavy atom. The Morgan fingerprint density at radius 2 is 1.60 bits per heavy atom. The first-order valence-electron chi connectivity index (χ1n) is 10.0. The summed E-state index contributed by atoms with van der Waals surface area (Å²) in [4.78, 5) is 28.1. The van der Waals surface area contributed by atoms with Gasteiger partial charge in [-0.25, -0.2) is 15.0 Å². The second-order valence-corrected chi connectivity index (χ2v) is 7.24. The summed E-state index contributed by atoms with van der Waals surface area (Å²) in [5.41, 5.74) is 4.47. The predicted octanol–water partition coefficient (Wildman–Crippen LogP) is 4.09. The Bertz CT molecular complexity index is 1460. The Morgan fingerprint density at radius 3 is 2.30 bits per heavy atom. The first-order chi connectivity index (χ1) is 14.7. The molecule has 0 fully saturated rings.